The van der Waals surface area contributed by atoms with Gasteiger partial charge in [0.25, 0.3) is 0 Å². The third-order valence-electron chi connectivity index (χ3n) is 5.24. The van der Waals surface area contributed by atoms with Gasteiger partial charge in [-0.3, -0.25) is 0 Å². The Morgan fingerprint density at radius 1 is 1.15 bits per heavy atom. The van der Waals surface area contributed by atoms with Gasteiger partial charge in [-0.25, -0.2) is 9.78 Å². The molecule has 6 nitrogen and oxygen atoms in total. The largest absolute Gasteiger partial charge is 0.444 e. The van der Waals surface area contributed by atoms with Gasteiger partial charge in [0, 0.05) is 48.9 Å². The number of rotatable bonds is 3. The van der Waals surface area contributed by atoms with Crippen LogP contribution in [0, 0.1) is 0 Å². The van der Waals surface area contributed by atoms with Crippen LogP contribution in [0.4, 0.5) is 10.6 Å². The maximum atomic E-state index is 12.2. The number of nitrogens with one attached hydrogen (secondary N) is 1. The average molecular weight is 439 g/mol. The molecule has 1 aromatic heterocycles. The lowest BCUT2D eigenvalue weighted by atomic mass is 9.98. The number of halogens is 1. The van der Waals surface area contributed by atoms with Gasteiger partial charge in [-0.1, -0.05) is 0 Å². The molecule has 3 heterocycles. The van der Waals surface area contributed by atoms with Gasteiger partial charge in [-0.15, -0.1) is 0 Å². The first-order chi connectivity index (χ1) is 12.8. The van der Waals surface area contributed by atoms with E-state index in [-0.39, 0.29) is 6.09 Å². The number of hydrogen-bond donors (Lipinski definition) is 1. The molecule has 0 radical (unpaired) electrons. The van der Waals surface area contributed by atoms with Crippen LogP contribution < -0.4 is 5.32 Å². The van der Waals surface area contributed by atoms with Crippen molar-refractivity contribution < 1.29 is 9.53 Å². The van der Waals surface area contributed by atoms with Gasteiger partial charge >= 0.3 is 6.09 Å². The van der Waals surface area contributed by atoms with Crippen molar-refractivity contribution in [1.82, 2.24) is 14.8 Å². The summed E-state index contributed by atoms with van der Waals surface area (Å²) in [6.45, 7) is 9.54. The summed E-state index contributed by atoms with van der Waals surface area (Å²) in [6, 6.07) is 5.10. The number of aromatic nitrogens is 1. The van der Waals surface area contributed by atoms with E-state index in [1.807, 2.05) is 44.0 Å². The summed E-state index contributed by atoms with van der Waals surface area (Å²) in [6.07, 6.45) is 5.98. The fourth-order valence-electron chi connectivity index (χ4n) is 3.82. The van der Waals surface area contributed by atoms with Gasteiger partial charge in [0.15, 0.2) is 0 Å². The molecule has 7 heteroatoms. The first-order valence-corrected chi connectivity index (χ1v) is 10.7. The van der Waals surface area contributed by atoms with Crippen LogP contribution in [0.25, 0.3) is 0 Å². The van der Waals surface area contributed by atoms with Crippen LogP contribution in [0.3, 0.4) is 0 Å². The highest BCUT2D eigenvalue weighted by Gasteiger charge is 2.31. The van der Waals surface area contributed by atoms with Gasteiger partial charge in [-0.05, 0) is 74.5 Å². The molecule has 150 valence electrons. The number of piperidine rings is 2. The van der Waals surface area contributed by atoms with Crippen LogP contribution >= 0.6 is 15.9 Å². The van der Waals surface area contributed by atoms with E-state index in [1.165, 1.54) is 0 Å². The Bertz CT molecular complexity index is 616. The zero-order valence-electron chi connectivity index (χ0n) is 16.6. The number of carbonyl (C=O) groups is 1. The lowest BCUT2D eigenvalue weighted by molar-refractivity contribution is 0.0129. The summed E-state index contributed by atoms with van der Waals surface area (Å²) in [4.78, 5) is 21.1. The Hall–Kier alpha value is -1.34. The van der Waals surface area contributed by atoms with Gasteiger partial charge in [0.05, 0.1) is 0 Å². The number of likely N-dealkylation sites (tertiary alicyclic amines) is 2. The maximum absolute atomic E-state index is 12.2. The second-order valence-corrected chi connectivity index (χ2v) is 9.43. The lowest BCUT2D eigenvalue weighted by Crippen LogP contribution is -2.51. The van der Waals surface area contributed by atoms with Crippen LogP contribution in [-0.4, -0.2) is 64.7 Å². The quantitative estimate of drug-likeness (QED) is 0.768. The van der Waals surface area contributed by atoms with Crippen LogP contribution in [0.1, 0.15) is 46.5 Å². The molecule has 2 fully saturated rings. The normalized spacial score (nSPS) is 20.5. The first-order valence-electron chi connectivity index (χ1n) is 9.90. The molecule has 27 heavy (non-hydrogen) atoms. The Morgan fingerprint density at radius 3 is 2.37 bits per heavy atom. The average Bonchev–Trinajstić information content (AvgIpc) is 2.63. The molecular weight excluding hydrogens is 408 g/mol. The minimum atomic E-state index is -0.424. The van der Waals surface area contributed by atoms with E-state index in [2.05, 4.69) is 31.1 Å². The molecule has 0 aliphatic carbocycles. The highest BCUT2D eigenvalue weighted by atomic mass is 79.9. The zero-order valence-corrected chi connectivity index (χ0v) is 18.2. The molecule has 3 rings (SSSR count). The highest BCUT2D eigenvalue weighted by Crippen LogP contribution is 2.24. The number of carbonyl (C=O) groups excluding carboxylic acids is 1. The zero-order chi connectivity index (χ0) is 19.4. The Morgan fingerprint density at radius 2 is 1.81 bits per heavy atom. The molecule has 0 saturated carbocycles. The summed E-state index contributed by atoms with van der Waals surface area (Å²) in [5.41, 5.74) is -0.424. The highest BCUT2D eigenvalue weighted by molar-refractivity contribution is 9.10. The molecule has 0 unspecified atom stereocenters. The van der Waals surface area contributed by atoms with Crippen LogP contribution in [0.5, 0.6) is 0 Å². The standard InChI is InChI=1S/C20H31BrN4O2/c1-20(2,3)27-19(26)25-12-8-17(9-13-25)24-10-6-16(7-11-24)23-18-5-4-15(21)14-22-18/h4-5,14,16-17H,6-13H2,1-3H3,(H,22,23). The lowest BCUT2D eigenvalue weighted by Gasteiger charge is -2.42. The SMILES string of the molecule is CC(C)(C)OC(=O)N1CCC(N2CCC(Nc3ccc(Br)cn3)CC2)CC1. The topological polar surface area (TPSA) is 57.7 Å². The Balaban J connectivity index is 1.40. The first kappa shape index (κ1) is 20.4. The van der Waals surface area contributed by atoms with Crippen molar-refractivity contribution in [2.45, 2.75) is 64.1 Å². The second-order valence-electron chi connectivity index (χ2n) is 8.51. The number of nitrogens with zero attached hydrogens (tertiary/aromatic N) is 3. The van der Waals surface area contributed by atoms with Gasteiger partial charge in [-0.2, -0.15) is 0 Å². The summed E-state index contributed by atoms with van der Waals surface area (Å²) in [5, 5.41) is 3.55. The Labute approximate surface area is 170 Å². The van der Waals surface area contributed by atoms with Crippen LogP contribution in [0.15, 0.2) is 22.8 Å². The second kappa shape index (κ2) is 8.78. The minimum Gasteiger partial charge on any atom is -0.444 e. The molecule has 0 spiro atoms. The van der Waals surface area contributed by atoms with Crippen LogP contribution in [0.2, 0.25) is 0 Å². The van der Waals surface area contributed by atoms with E-state index in [4.69, 9.17) is 4.74 Å². The van der Waals surface area contributed by atoms with Crippen molar-refractivity contribution in [1.29, 1.82) is 0 Å². The predicted octanol–water partition coefficient (Wildman–Crippen LogP) is 4.12. The smallest absolute Gasteiger partial charge is 0.410 e. The molecule has 0 aromatic carbocycles. The number of ether oxygens (including phenoxy) is 1. The number of anilines is 1. The van der Waals surface area contributed by atoms with Crippen LogP contribution in [-0.2, 0) is 4.74 Å². The van der Waals surface area contributed by atoms with E-state index in [0.717, 1.165) is 62.2 Å². The van der Waals surface area contributed by atoms with E-state index < -0.39 is 5.60 Å². The molecule has 1 amide bonds. The van der Waals surface area contributed by atoms with Crippen molar-refractivity contribution in [3.05, 3.63) is 22.8 Å². The van der Waals surface area contributed by atoms with Crippen molar-refractivity contribution in [3.8, 4) is 0 Å². The predicted molar refractivity (Wildman–Crippen MR) is 111 cm³/mol. The van der Waals surface area contributed by atoms with E-state index in [0.29, 0.717) is 12.1 Å². The molecule has 2 aliphatic heterocycles. The van der Waals surface area contributed by atoms with Crippen molar-refractivity contribution >= 4 is 27.8 Å². The molecule has 0 atom stereocenters. The molecule has 1 aromatic rings. The fraction of sp³-hybridized carbons (Fsp3) is 0.700. The summed E-state index contributed by atoms with van der Waals surface area (Å²) >= 11 is 3.42. The maximum Gasteiger partial charge on any atom is 0.410 e. The summed E-state index contributed by atoms with van der Waals surface area (Å²) in [7, 11) is 0. The van der Waals surface area contributed by atoms with Crippen molar-refractivity contribution in [2.24, 2.45) is 0 Å². The third-order valence-corrected chi connectivity index (χ3v) is 5.71. The van der Waals surface area contributed by atoms with Crippen molar-refractivity contribution in [3.63, 3.8) is 0 Å². The van der Waals surface area contributed by atoms with E-state index in [9.17, 15) is 4.79 Å². The molecule has 2 aliphatic rings. The van der Waals surface area contributed by atoms with Gasteiger partial charge in [0.1, 0.15) is 11.4 Å². The summed E-state index contributed by atoms with van der Waals surface area (Å²) < 4.78 is 6.49. The molecule has 1 N–H and O–H groups in total. The molecular formula is C20H31BrN4O2. The Kier molecular flexibility index (Phi) is 6.63. The van der Waals surface area contributed by atoms with Gasteiger partial charge < -0.3 is 19.9 Å². The fourth-order valence-corrected chi connectivity index (χ4v) is 4.05. The van der Waals surface area contributed by atoms with E-state index >= 15 is 0 Å². The number of hydrogen-bond acceptors (Lipinski definition) is 5. The number of amides is 1. The minimum absolute atomic E-state index is 0.175. The third kappa shape index (κ3) is 6.07. The van der Waals surface area contributed by atoms with Gasteiger partial charge in [0.2, 0.25) is 0 Å². The monoisotopic (exact) mass is 438 g/mol. The number of pyridine rings is 1. The summed E-state index contributed by atoms with van der Waals surface area (Å²) in [5.74, 6) is 0.947. The van der Waals surface area contributed by atoms with E-state index in [1.54, 1.807) is 0 Å². The van der Waals surface area contributed by atoms with Crippen molar-refractivity contribution in [2.75, 3.05) is 31.5 Å². The molecule has 2 saturated heterocycles. The molecule has 0 bridgehead atoms.